The van der Waals surface area contributed by atoms with Crippen molar-refractivity contribution in [2.75, 3.05) is 39.5 Å². The zero-order chi connectivity index (χ0) is 16.0. The first-order valence-corrected chi connectivity index (χ1v) is 9.54. The number of guanidine groups is 1. The largest absolute Gasteiger partial charge is 0.379 e. The monoisotopic (exact) mass is 451 g/mol. The minimum absolute atomic E-state index is 0. The summed E-state index contributed by atoms with van der Waals surface area (Å²) in [5, 5.41) is 6.79. The van der Waals surface area contributed by atoms with E-state index in [1.807, 2.05) is 0 Å². The maximum Gasteiger partial charge on any atom is 0.191 e. The van der Waals surface area contributed by atoms with E-state index in [-0.39, 0.29) is 24.0 Å². The second-order valence-corrected chi connectivity index (χ2v) is 7.32. The van der Waals surface area contributed by atoms with Crippen LogP contribution in [0.4, 0.5) is 0 Å². The topological polar surface area (TPSA) is 54.9 Å². The molecule has 3 rings (SSSR count). The number of hydrogen-bond donors (Lipinski definition) is 2. The van der Waals surface area contributed by atoms with E-state index >= 15 is 0 Å². The lowest BCUT2D eigenvalue weighted by Crippen LogP contribution is -2.38. The van der Waals surface area contributed by atoms with E-state index in [0.717, 1.165) is 64.2 Å². The molecule has 140 valence electrons. The van der Waals surface area contributed by atoms with E-state index in [2.05, 4.69) is 17.6 Å². The molecule has 2 N–H and O–H groups in total. The fourth-order valence-corrected chi connectivity index (χ4v) is 3.50. The summed E-state index contributed by atoms with van der Waals surface area (Å²) in [7, 11) is 0. The van der Waals surface area contributed by atoms with Gasteiger partial charge < -0.3 is 20.1 Å². The Bertz CT molecular complexity index is 392. The zero-order valence-corrected chi connectivity index (χ0v) is 17.3. The van der Waals surface area contributed by atoms with Crippen LogP contribution in [0.15, 0.2) is 4.99 Å². The summed E-state index contributed by atoms with van der Waals surface area (Å²) in [6.45, 7) is 7.39. The second-order valence-electron chi connectivity index (χ2n) is 7.32. The van der Waals surface area contributed by atoms with Crippen molar-refractivity contribution in [1.82, 2.24) is 10.6 Å². The number of aliphatic imine (C=N–C) groups is 1. The minimum atomic E-state index is 0. The first kappa shape index (κ1) is 20.2. The van der Waals surface area contributed by atoms with Gasteiger partial charge in [0.05, 0.1) is 12.7 Å². The molecule has 3 aliphatic rings. The van der Waals surface area contributed by atoms with Crippen LogP contribution in [-0.2, 0) is 9.47 Å². The van der Waals surface area contributed by atoms with E-state index in [0.29, 0.717) is 11.5 Å². The summed E-state index contributed by atoms with van der Waals surface area (Å²) in [5.74, 6) is 1.94. The molecule has 0 spiro atoms. The number of halogens is 1. The Labute approximate surface area is 163 Å². The van der Waals surface area contributed by atoms with Gasteiger partial charge in [-0.2, -0.15) is 0 Å². The third-order valence-electron chi connectivity index (χ3n) is 5.32. The van der Waals surface area contributed by atoms with E-state index in [1.165, 1.54) is 32.1 Å². The summed E-state index contributed by atoms with van der Waals surface area (Å²) < 4.78 is 11.3. The van der Waals surface area contributed by atoms with Gasteiger partial charge >= 0.3 is 0 Å². The molecule has 0 aromatic carbocycles. The third kappa shape index (κ3) is 6.33. The molecule has 1 atom stereocenters. The molecule has 0 amide bonds. The van der Waals surface area contributed by atoms with E-state index < -0.39 is 0 Å². The highest BCUT2D eigenvalue weighted by atomic mass is 127. The predicted molar refractivity (Wildman–Crippen MR) is 108 cm³/mol. The van der Waals surface area contributed by atoms with Crippen LogP contribution in [0.1, 0.15) is 51.9 Å². The van der Waals surface area contributed by atoms with Gasteiger partial charge in [-0.1, -0.05) is 0 Å². The molecule has 0 bridgehead atoms. The van der Waals surface area contributed by atoms with Crippen LogP contribution in [-0.4, -0.2) is 51.5 Å². The first-order chi connectivity index (χ1) is 11.3. The molecule has 6 heteroatoms. The normalized spacial score (nSPS) is 25.2. The number of ether oxygens (including phenoxy) is 2. The molecule has 2 saturated carbocycles. The van der Waals surface area contributed by atoms with Crippen LogP contribution in [0.25, 0.3) is 0 Å². The fraction of sp³-hybridized carbons (Fsp3) is 0.944. The van der Waals surface area contributed by atoms with Crippen LogP contribution in [0, 0.1) is 11.3 Å². The van der Waals surface area contributed by atoms with Crippen molar-refractivity contribution in [2.24, 2.45) is 16.3 Å². The number of nitrogens with one attached hydrogen (secondary N) is 2. The Kier molecular flexibility index (Phi) is 8.57. The van der Waals surface area contributed by atoms with E-state index in [1.54, 1.807) is 0 Å². The standard InChI is InChI=1S/C18H33N3O2.HI/c1-2-19-17(21-14-18(8-9-18)15-6-7-15)20-10-4-11-22-13-16-5-3-12-23-16;/h15-16H,2-14H2,1H3,(H2,19,20,21);1H. The summed E-state index contributed by atoms with van der Waals surface area (Å²) in [5.41, 5.74) is 0.576. The Balaban J connectivity index is 0.00000208. The Morgan fingerprint density at radius 2 is 2.08 bits per heavy atom. The second kappa shape index (κ2) is 10.2. The number of nitrogens with zero attached hydrogens (tertiary/aromatic N) is 1. The van der Waals surface area contributed by atoms with Crippen molar-refractivity contribution in [2.45, 2.75) is 58.0 Å². The highest BCUT2D eigenvalue weighted by Gasteiger charge is 2.53. The van der Waals surface area contributed by atoms with Gasteiger partial charge in [0.15, 0.2) is 5.96 Å². The van der Waals surface area contributed by atoms with Crippen LogP contribution < -0.4 is 10.6 Å². The molecule has 5 nitrogen and oxygen atoms in total. The average molecular weight is 451 g/mol. The van der Waals surface area contributed by atoms with Crippen molar-refractivity contribution >= 4 is 29.9 Å². The first-order valence-electron chi connectivity index (χ1n) is 9.54. The minimum Gasteiger partial charge on any atom is -0.379 e. The molecule has 2 aliphatic carbocycles. The molecular formula is C18H34IN3O2. The fourth-order valence-electron chi connectivity index (χ4n) is 3.50. The van der Waals surface area contributed by atoms with Gasteiger partial charge in [0.25, 0.3) is 0 Å². The average Bonchev–Trinajstić information content (AvgIpc) is 3.47. The van der Waals surface area contributed by atoms with Gasteiger partial charge in [0, 0.05) is 32.8 Å². The van der Waals surface area contributed by atoms with Crippen LogP contribution in [0.2, 0.25) is 0 Å². The molecule has 3 fully saturated rings. The van der Waals surface area contributed by atoms with Crippen molar-refractivity contribution in [3.05, 3.63) is 0 Å². The van der Waals surface area contributed by atoms with Crippen LogP contribution >= 0.6 is 24.0 Å². The van der Waals surface area contributed by atoms with E-state index in [9.17, 15) is 0 Å². The quantitative estimate of drug-likeness (QED) is 0.232. The lowest BCUT2D eigenvalue weighted by atomic mass is 10.0. The van der Waals surface area contributed by atoms with Gasteiger partial charge in [-0.25, -0.2) is 0 Å². The molecule has 1 saturated heterocycles. The van der Waals surface area contributed by atoms with Gasteiger partial charge in [0.2, 0.25) is 0 Å². The van der Waals surface area contributed by atoms with E-state index in [4.69, 9.17) is 14.5 Å². The molecule has 0 radical (unpaired) electrons. The summed E-state index contributed by atoms with van der Waals surface area (Å²) in [6, 6.07) is 0. The van der Waals surface area contributed by atoms with Gasteiger partial charge in [-0.15, -0.1) is 24.0 Å². The SMILES string of the molecule is CCNC(=NCC1(C2CC2)CC1)NCCCOCC1CCCO1.I. The number of rotatable bonds is 10. The lowest BCUT2D eigenvalue weighted by Gasteiger charge is -2.15. The predicted octanol–water partition coefficient (Wildman–Crippen LogP) is 2.94. The van der Waals surface area contributed by atoms with Crippen molar-refractivity contribution in [3.63, 3.8) is 0 Å². The summed E-state index contributed by atoms with van der Waals surface area (Å²) in [6.07, 6.45) is 9.31. The molecule has 1 aliphatic heterocycles. The van der Waals surface area contributed by atoms with Crippen LogP contribution in [0.5, 0.6) is 0 Å². The highest BCUT2D eigenvalue weighted by molar-refractivity contribution is 14.0. The highest BCUT2D eigenvalue weighted by Crippen LogP contribution is 2.61. The molecule has 24 heavy (non-hydrogen) atoms. The smallest absolute Gasteiger partial charge is 0.191 e. The Morgan fingerprint density at radius 1 is 1.25 bits per heavy atom. The Hall–Kier alpha value is -0.0800. The van der Waals surface area contributed by atoms with Crippen LogP contribution in [0.3, 0.4) is 0 Å². The zero-order valence-electron chi connectivity index (χ0n) is 15.0. The molecular weight excluding hydrogens is 417 g/mol. The summed E-state index contributed by atoms with van der Waals surface area (Å²) >= 11 is 0. The van der Waals surface area contributed by atoms with Crippen molar-refractivity contribution in [1.29, 1.82) is 0 Å². The molecule has 1 unspecified atom stereocenters. The van der Waals surface area contributed by atoms with Crippen molar-refractivity contribution in [3.8, 4) is 0 Å². The maximum absolute atomic E-state index is 5.70. The lowest BCUT2D eigenvalue weighted by molar-refractivity contribution is 0.0168. The maximum atomic E-state index is 5.70. The molecule has 0 aromatic heterocycles. The number of hydrogen-bond acceptors (Lipinski definition) is 3. The van der Waals surface area contributed by atoms with Gasteiger partial charge in [-0.3, -0.25) is 4.99 Å². The molecule has 0 aromatic rings. The third-order valence-corrected chi connectivity index (χ3v) is 5.32. The summed E-state index contributed by atoms with van der Waals surface area (Å²) in [4.78, 5) is 4.82. The van der Waals surface area contributed by atoms with Gasteiger partial charge in [0.1, 0.15) is 0 Å². The van der Waals surface area contributed by atoms with Gasteiger partial charge in [-0.05, 0) is 63.2 Å². The van der Waals surface area contributed by atoms with Crippen molar-refractivity contribution < 1.29 is 9.47 Å². The molecule has 1 heterocycles. The Morgan fingerprint density at radius 3 is 2.71 bits per heavy atom.